The molecule has 1 atom stereocenters. The minimum atomic E-state index is -1.00. The fourth-order valence-electron chi connectivity index (χ4n) is 3.27. The van der Waals surface area contributed by atoms with Gasteiger partial charge in [-0.25, -0.2) is 4.79 Å². The normalized spacial score (nSPS) is 20.8. The molecule has 1 heterocycles. The van der Waals surface area contributed by atoms with Gasteiger partial charge in [0.15, 0.2) is 6.10 Å². The largest absolute Gasteiger partial charge is 0.479 e. The van der Waals surface area contributed by atoms with Crippen LogP contribution < -0.4 is 4.74 Å². The van der Waals surface area contributed by atoms with Crippen LogP contribution in [0.1, 0.15) is 44.6 Å². The average Bonchev–Trinajstić information content (AvgIpc) is 3.22. The molecule has 1 unspecified atom stereocenters. The Hall–Kier alpha value is -1.86. The molecule has 1 saturated carbocycles. The fraction of sp³-hybridized carbons (Fsp3) is 0.421. The van der Waals surface area contributed by atoms with Crippen LogP contribution in [-0.4, -0.2) is 38.3 Å². The number of hydrogen-bond acceptors (Lipinski definition) is 5. The zero-order chi connectivity index (χ0) is 18.7. The maximum Gasteiger partial charge on any atom is 0.344 e. The number of carbonyl (C=O) groups excluding carboxylic acids is 1. The maximum absolute atomic E-state index is 12.8. The quantitative estimate of drug-likeness (QED) is 0.582. The molecule has 5 nitrogen and oxygen atoms in total. The van der Waals surface area contributed by atoms with E-state index in [-0.39, 0.29) is 11.9 Å². The molecule has 1 amide bonds. The fourth-order valence-corrected chi connectivity index (χ4v) is 4.66. The number of aliphatic carboxylic acids is 1. The zero-order valence-corrected chi connectivity index (χ0v) is 16.1. The number of rotatable bonds is 6. The molecule has 0 bridgehead atoms. The molecule has 1 aliphatic carbocycles. The van der Waals surface area contributed by atoms with Crippen LogP contribution in [0, 0.1) is 0 Å². The van der Waals surface area contributed by atoms with Crippen molar-refractivity contribution in [1.29, 1.82) is 0 Å². The molecule has 2 fully saturated rings. The molecule has 1 aromatic rings. The van der Waals surface area contributed by atoms with Crippen LogP contribution in [0.3, 0.4) is 0 Å². The SMILES string of the molecule is CCC(Oc1ccccc1/C=C1/SC(=S)N(C2CCCC2)C1=O)C(=O)O. The Morgan fingerprint density at radius 2 is 2.12 bits per heavy atom. The minimum absolute atomic E-state index is 0.0630. The second kappa shape index (κ2) is 8.22. The molecule has 2 aliphatic rings. The molecular weight excluding hydrogens is 370 g/mol. The lowest BCUT2D eigenvalue weighted by atomic mass is 10.1. The lowest BCUT2D eigenvalue weighted by Gasteiger charge is -2.22. The number of nitrogens with zero attached hydrogens (tertiary/aromatic N) is 1. The first kappa shape index (κ1) is 18.9. The first-order chi connectivity index (χ1) is 12.5. The van der Waals surface area contributed by atoms with Gasteiger partial charge < -0.3 is 9.84 Å². The second-order valence-electron chi connectivity index (χ2n) is 6.38. The van der Waals surface area contributed by atoms with Crippen molar-refractivity contribution in [2.75, 3.05) is 0 Å². The summed E-state index contributed by atoms with van der Waals surface area (Å²) in [5, 5.41) is 9.22. The highest BCUT2D eigenvalue weighted by atomic mass is 32.2. The van der Waals surface area contributed by atoms with E-state index < -0.39 is 12.1 Å². The molecular formula is C19H21NO4S2. The van der Waals surface area contributed by atoms with Gasteiger partial charge >= 0.3 is 5.97 Å². The van der Waals surface area contributed by atoms with Crippen LogP contribution in [0.2, 0.25) is 0 Å². The van der Waals surface area contributed by atoms with Crippen molar-refractivity contribution in [1.82, 2.24) is 4.90 Å². The highest BCUT2D eigenvalue weighted by Gasteiger charge is 2.38. The Morgan fingerprint density at radius 3 is 2.77 bits per heavy atom. The molecule has 7 heteroatoms. The number of thioether (sulfide) groups is 1. The number of thiocarbonyl (C=S) groups is 1. The van der Waals surface area contributed by atoms with Crippen molar-refractivity contribution >= 4 is 46.3 Å². The molecule has 1 saturated heterocycles. The summed E-state index contributed by atoms with van der Waals surface area (Å²) in [6, 6.07) is 7.35. The third-order valence-corrected chi connectivity index (χ3v) is 5.96. The van der Waals surface area contributed by atoms with Crippen molar-refractivity contribution in [2.45, 2.75) is 51.2 Å². The molecule has 26 heavy (non-hydrogen) atoms. The van der Waals surface area contributed by atoms with Crippen molar-refractivity contribution in [2.24, 2.45) is 0 Å². The van der Waals surface area contributed by atoms with Crippen molar-refractivity contribution < 1.29 is 19.4 Å². The Balaban J connectivity index is 1.85. The molecule has 0 spiro atoms. The molecule has 3 rings (SSSR count). The molecule has 1 aromatic carbocycles. The van der Waals surface area contributed by atoms with E-state index in [0.29, 0.717) is 27.0 Å². The summed E-state index contributed by atoms with van der Waals surface area (Å²) in [7, 11) is 0. The number of ether oxygens (including phenoxy) is 1. The summed E-state index contributed by atoms with van der Waals surface area (Å²) in [5.74, 6) is -0.616. The Bertz CT molecular complexity index is 756. The third-order valence-electron chi connectivity index (χ3n) is 4.63. The molecule has 0 aromatic heterocycles. The van der Waals surface area contributed by atoms with Crippen LogP contribution in [0.15, 0.2) is 29.2 Å². The van der Waals surface area contributed by atoms with Gasteiger partial charge in [-0.05, 0) is 31.4 Å². The van der Waals surface area contributed by atoms with Crippen LogP contribution in [-0.2, 0) is 9.59 Å². The van der Waals surface area contributed by atoms with Gasteiger partial charge in [-0.3, -0.25) is 9.69 Å². The van der Waals surface area contributed by atoms with E-state index in [0.717, 1.165) is 25.7 Å². The average molecular weight is 392 g/mol. The Labute approximate surface area is 162 Å². The lowest BCUT2D eigenvalue weighted by Crippen LogP contribution is -2.36. The number of amides is 1. The first-order valence-electron chi connectivity index (χ1n) is 8.76. The van der Waals surface area contributed by atoms with E-state index in [2.05, 4.69) is 0 Å². The lowest BCUT2D eigenvalue weighted by molar-refractivity contribution is -0.145. The first-order valence-corrected chi connectivity index (χ1v) is 9.99. The van der Waals surface area contributed by atoms with Gasteiger partial charge in [-0.15, -0.1) is 0 Å². The summed E-state index contributed by atoms with van der Waals surface area (Å²) in [6.45, 7) is 1.76. The van der Waals surface area contributed by atoms with Crippen LogP contribution in [0.4, 0.5) is 0 Å². The standard InChI is InChI=1S/C19H21NO4S2/c1-2-14(18(22)23)24-15-10-6-3-7-12(15)11-16-17(21)20(19(25)26-16)13-8-4-5-9-13/h3,6-7,10-11,13-14H,2,4-5,8-9H2,1H3,(H,22,23)/b16-11+. The van der Waals surface area contributed by atoms with E-state index in [4.69, 9.17) is 17.0 Å². The monoisotopic (exact) mass is 391 g/mol. The van der Waals surface area contributed by atoms with E-state index >= 15 is 0 Å². The van der Waals surface area contributed by atoms with E-state index in [9.17, 15) is 14.7 Å². The number of carboxylic acid groups (broad SMARTS) is 1. The predicted octanol–water partition coefficient (Wildman–Crippen LogP) is 4.07. The van der Waals surface area contributed by atoms with Crippen molar-refractivity contribution in [3.05, 3.63) is 34.7 Å². The summed E-state index contributed by atoms with van der Waals surface area (Å²) in [4.78, 5) is 26.4. The van der Waals surface area contributed by atoms with Gasteiger partial charge in [-0.1, -0.05) is 61.9 Å². The second-order valence-corrected chi connectivity index (χ2v) is 8.06. The van der Waals surface area contributed by atoms with Crippen LogP contribution in [0.25, 0.3) is 6.08 Å². The molecule has 1 aliphatic heterocycles. The summed E-state index contributed by atoms with van der Waals surface area (Å²) in [5.41, 5.74) is 0.680. The van der Waals surface area contributed by atoms with Gasteiger partial charge in [0.05, 0.1) is 4.91 Å². The van der Waals surface area contributed by atoms with Gasteiger partial charge in [0.25, 0.3) is 5.91 Å². The minimum Gasteiger partial charge on any atom is -0.479 e. The number of hydrogen-bond donors (Lipinski definition) is 1. The molecule has 138 valence electrons. The summed E-state index contributed by atoms with van der Waals surface area (Å²) in [6.07, 6.45) is 5.44. The van der Waals surface area contributed by atoms with Gasteiger partial charge in [0.2, 0.25) is 0 Å². The topological polar surface area (TPSA) is 66.8 Å². The summed E-state index contributed by atoms with van der Waals surface area (Å²) >= 11 is 6.72. The zero-order valence-electron chi connectivity index (χ0n) is 14.5. The smallest absolute Gasteiger partial charge is 0.344 e. The predicted molar refractivity (Wildman–Crippen MR) is 106 cm³/mol. The molecule has 1 N–H and O–H groups in total. The third kappa shape index (κ3) is 3.94. The van der Waals surface area contributed by atoms with E-state index in [1.165, 1.54) is 11.8 Å². The van der Waals surface area contributed by atoms with E-state index in [1.807, 2.05) is 12.1 Å². The van der Waals surface area contributed by atoms with Gasteiger partial charge in [0, 0.05) is 11.6 Å². The van der Waals surface area contributed by atoms with Crippen molar-refractivity contribution in [3.8, 4) is 5.75 Å². The maximum atomic E-state index is 12.8. The van der Waals surface area contributed by atoms with Crippen molar-refractivity contribution in [3.63, 3.8) is 0 Å². The Morgan fingerprint density at radius 1 is 1.42 bits per heavy atom. The van der Waals surface area contributed by atoms with Crippen LogP contribution in [0.5, 0.6) is 5.75 Å². The van der Waals surface area contributed by atoms with E-state index in [1.54, 1.807) is 30.0 Å². The Kier molecular flexibility index (Phi) is 5.98. The number of carboxylic acids is 1. The number of carbonyl (C=O) groups is 2. The highest BCUT2D eigenvalue weighted by molar-refractivity contribution is 8.26. The number of benzene rings is 1. The summed E-state index contributed by atoms with van der Waals surface area (Å²) < 4.78 is 6.24. The van der Waals surface area contributed by atoms with Gasteiger partial charge in [-0.2, -0.15) is 0 Å². The van der Waals surface area contributed by atoms with Gasteiger partial charge in [0.1, 0.15) is 10.1 Å². The highest BCUT2D eigenvalue weighted by Crippen LogP contribution is 2.38. The van der Waals surface area contributed by atoms with Crippen LogP contribution >= 0.6 is 24.0 Å². The number of para-hydroxylation sites is 1. The molecule has 0 radical (unpaired) electrons.